The SMILES string of the molecule is CC(C)CNC(=O)[C@H](ONC(=O)C1(ONC(=O)[C@H](ONC(=O)C2(ONC(=O)[C@H](ONC(=O)C(C)C)C(C)C)CC2)C(C)C)CC1)C(C)C. The van der Waals surface area contributed by atoms with Crippen LogP contribution in [0.2, 0.25) is 0 Å². The first-order valence-electron chi connectivity index (χ1n) is 16.5. The van der Waals surface area contributed by atoms with Gasteiger partial charge in [0.1, 0.15) is 0 Å². The molecule has 2 aliphatic carbocycles. The minimum Gasteiger partial charge on any atom is -0.353 e. The smallest absolute Gasteiger partial charge is 0.278 e. The highest BCUT2D eigenvalue weighted by Gasteiger charge is 2.55. The molecule has 0 aromatic carbocycles. The molecule has 2 aliphatic rings. The second-order valence-corrected chi connectivity index (χ2v) is 14.1. The van der Waals surface area contributed by atoms with Gasteiger partial charge < -0.3 is 5.32 Å². The Morgan fingerprint density at radius 1 is 0.500 bits per heavy atom. The molecule has 3 atom stereocenters. The normalized spacial score (nSPS) is 17.8. The summed E-state index contributed by atoms with van der Waals surface area (Å²) in [6.45, 7) is 18.0. The molecule has 0 bridgehead atoms. The van der Waals surface area contributed by atoms with E-state index in [4.69, 9.17) is 24.2 Å². The molecule has 274 valence electrons. The van der Waals surface area contributed by atoms with Gasteiger partial charge in [0.05, 0.1) is 0 Å². The van der Waals surface area contributed by atoms with Crippen LogP contribution in [-0.4, -0.2) is 71.5 Å². The van der Waals surface area contributed by atoms with Crippen LogP contribution >= 0.6 is 0 Å². The predicted molar refractivity (Wildman–Crippen MR) is 169 cm³/mol. The van der Waals surface area contributed by atoms with Crippen molar-refractivity contribution >= 4 is 35.4 Å². The second-order valence-electron chi connectivity index (χ2n) is 14.1. The summed E-state index contributed by atoms with van der Waals surface area (Å²) < 4.78 is 0. The van der Waals surface area contributed by atoms with Gasteiger partial charge in [0.15, 0.2) is 29.5 Å². The third-order valence-electron chi connectivity index (χ3n) is 7.57. The molecule has 48 heavy (non-hydrogen) atoms. The van der Waals surface area contributed by atoms with E-state index in [0.29, 0.717) is 6.54 Å². The van der Waals surface area contributed by atoms with E-state index in [-0.39, 0.29) is 55.3 Å². The van der Waals surface area contributed by atoms with Crippen LogP contribution in [0, 0.1) is 29.6 Å². The van der Waals surface area contributed by atoms with Crippen LogP contribution in [0.1, 0.15) is 94.9 Å². The van der Waals surface area contributed by atoms with Gasteiger partial charge in [-0.05, 0) is 49.4 Å². The Morgan fingerprint density at radius 2 is 0.854 bits per heavy atom. The molecule has 0 aromatic heterocycles. The summed E-state index contributed by atoms with van der Waals surface area (Å²) in [5, 5.41) is 2.78. The van der Waals surface area contributed by atoms with Crippen molar-refractivity contribution < 1.29 is 53.0 Å². The molecule has 6 amide bonds. The van der Waals surface area contributed by atoms with Crippen LogP contribution in [0.15, 0.2) is 0 Å². The van der Waals surface area contributed by atoms with Gasteiger partial charge in [-0.2, -0.15) is 0 Å². The van der Waals surface area contributed by atoms with Gasteiger partial charge in [-0.1, -0.05) is 69.2 Å². The molecule has 0 heterocycles. The Bertz CT molecular complexity index is 1150. The lowest BCUT2D eigenvalue weighted by molar-refractivity contribution is -0.180. The average Bonchev–Trinajstić information content (AvgIpc) is 3.93. The third kappa shape index (κ3) is 11.9. The van der Waals surface area contributed by atoms with Crippen molar-refractivity contribution in [2.75, 3.05) is 6.54 Å². The number of hydrogen-bond donors (Lipinski definition) is 6. The maximum absolute atomic E-state index is 13.0. The average molecular weight is 687 g/mol. The lowest BCUT2D eigenvalue weighted by Gasteiger charge is -2.25. The maximum Gasteiger partial charge on any atom is 0.278 e. The lowest BCUT2D eigenvalue weighted by atomic mass is 10.1. The van der Waals surface area contributed by atoms with Gasteiger partial charge in [0.2, 0.25) is 5.91 Å². The predicted octanol–water partition coefficient (Wildman–Crippen LogP) is 0.793. The summed E-state index contributed by atoms with van der Waals surface area (Å²) in [6.07, 6.45) is -2.15. The number of hydrogen-bond acceptors (Lipinski definition) is 11. The van der Waals surface area contributed by atoms with Crippen molar-refractivity contribution in [2.24, 2.45) is 29.6 Å². The highest BCUT2D eigenvalue weighted by atomic mass is 16.7. The first kappa shape index (κ1) is 40.8. The molecule has 0 saturated heterocycles. The monoisotopic (exact) mass is 686 g/mol. The van der Waals surface area contributed by atoms with Gasteiger partial charge in [-0.15, -0.1) is 0 Å². The van der Waals surface area contributed by atoms with Crippen LogP contribution in [-0.2, 0) is 53.0 Å². The van der Waals surface area contributed by atoms with Crippen LogP contribution in [0.4, 0.5) is 0 Å². The summed E-state index contributed by atoms with van der Waals surface area (Å²) in [4.78, 5) is 103. The first-order valence-corrected chi connectivity index (χ1v) is 16.5. The molecule has 2 rings (SSSR count). The van der Waals surface area contributed by atoms with Crippen molar-refractivity contribution in [1.82, 2.24) is 32.7 Å². The van der Waals surface area contributed by atoms with E-state index in [1.807, 2.05) is 13.8 Å². The van der Waals surface area contributed by atoms with Crippen molar-refractivity contribution in [2.45, 2.75) is 124 Å². The number of carbonyl (C=O) groups is 6. The van der Waals surface area contributed by atoms with Crippen molar-refractivity contribution in [3.8, 4) is 0 Å². The Morgan fingerprint density at radius 3 is 1.17 bits per heavy atom. The number of nitrogens with one attached hydrogen (secondary N) is 6. The molecule has 0 radical (unpaired) electrons. The fourth-order valence-corrected chi connectivity index (χ4v) is 3.93. The summed E-state index contributed by atoms with van der Waals surface area (Å²) in [7, 11) is 0. The number of carbonyl (C=O) groups excluding carboxylic acids is 6. The van der Waals surface area contributed by atoms with Crippen molar-refractivity contribution in [3.63, 3.8) is 0 Å². The summed E-state index contributed by atoms with van der Waals surface area (Å²) in [6, 6.07) is 0. The summed E-state index contributed by atoms with van der Waals surface area (Å²) in [5.41, 5.74) is 8.40. The van der Waals surface area contributed by atoms with Gasteiger partial charge in [0.25, 0.3) is 29.5 Å². The van der Waals surface area contributed by atoms with Crippen LogP contribution in [0.3, 0.4) is 0 Å². The number of amides is 6. The van der Waals surface area contributed by atoms with E-state index in [2.05, 4.69) is 32.7 Å². The zero-order chi connectivity index (χ0) is 36.4. The van der Waals surface area contributed by atoms with E-state index in [0.717, 1.165) is 0 Å². The Labute approximate surface area is 281 Å². The Hall–Kier alpha value is -3.38. The van der Waals surface area contributed by atoms with Crippen molar-refractivity contribution in [1.29, 1.82) is 0 Å². The molecule has 17 nitrogen and oxygen atoms in total. The van der Waals surface area contributed by atoms with E-state index in [9.17, 15) is 28.8 Å². The quantitative estimate of drug-likeness (QED) is 0.0927. The number of hydroxylamine groups is 5. The number of rotatable bonds is 21. The zero-order valence-corrected chi connectivity index (χ0v) is 29.6. The zero-order valence-electron chi connectivity index (χ0n) is 29.6. The third-order valence-corrected chi connectivity index (χ3v) is 7.57. The minimum absolute atomic E-state index is 0.237. The topological polar surface area (TPSA) is 221 Å². The molecule has 0 spiro atoms. The maximum atomic E-state index is 13.0. The fourth-order valence-electron chi connectivity index (χ4n) is 3.93. The van der Waals surface area contributed by atoms with Gasteiger partial charge in [-0.3, -0.25) is 53.0 Å². The van der Waals surface area contributed by atoms with Crippen molar-refractivity contribution in [3.05, 3.63) is 0 Å². The highest BCUT2D eigenvalue weighted by molar-refractivity contribution is 5.89. The van der Waals surface area contributed by atoms with Crippen LogP contribution < -0.4 is 32.7 Å². The fraction of sp³-hybridized carbons (Fsp3) is 0.806. The molecule has 6 N–H and O–H groups in total. The molecular weight excluding hydrogens is 632 g/mol. The summed E-state index contributed by atoms with van der Waals surface area (Å²) >= 11 is 0. The Kier molecular flexibility index (Phi) is 15.2. The first-order chi connectivity index (χ1) is 22.4. The van der Waals surface area contributed by atoms with Gasteiger partial charge in [-0.25, -0.2) is 27.4 Å². The molecular formula is C31H54N6O11. The molecule has 17 heteroatoms. The second kappa shape index (κ2) is 17.9. The van der Waals surface area contributed by atoms with Crippen LogP contribution in [0.25, 0.3) is 0 Å². The van der Waals surface area contributed by atoms with E-state index in [1.165, 1.54) is 0 Å². The largest absolute Gasteiger partial charge is 0.353 e. The molecule has 2 saturated carbocycles. The molecule has 0 aromatic rings. The van der Waals surface area contributed by atoms with E-state index in [1.54, 1.807) is 55.4 Å². The molecule has 0 aliphatic heterocycles. The Balaban J connectivity index is 1.87. The van der Waals surface area contributed by atoms with Gasteiger partial charge >= 0.3 is 0 Å². The molecule has 2 fully saturated rings. The standard InChI is InChI=1S/C31H54N6O11/c1-16(2)15-32-25(39)21(17(3)4)45-36-28(42)30(11-12-30)48-35-27(41)23(19(7)8)46-37-29(43)31(13-14-31)47-34-26(40)22(18(5)6)44-33-24(38)20(9)10/h16-23H,11-15H2,1-10H3,(H,32,39)(H,33,38)(H,34,40)(H,35,41)(H,36,42)(H,37,43)/t21-,22-,23-/m1/s1. The molecule has 0 unspecified atom stereocenters. The van der Waals surface area contributed by atoms with Crippen LogP contribution in [0.5, 0.6) is 0 Å². The highest BCUT2D eigenvalue weighted by Crippen LogP contribution is 2.40. The lowest BCUT2D eigenvalue weighted by Crippen LogP contribution is -2.51. The van der Waals surface area contributed by atoms with Gasteiger partial charge in [0, 0.05) is 12.5 Å². The van der Waals surface area contributed by atoms with E-state index >= 15 is 0 Å². The van der Waals surface area contributed by atoms with E-state index < -0.39 is 65.0 Å². The minimum atomic E-state index is -1.43. The summed E-state index contributed by atoms with van der Waals surface area (Å²) in [5.74, 6) is -4.77.